The highest BCUT2D eigenvalue weighted by atomic mass is 15.3. The third kappa shape index (κ3) is 3.73. The molecule has 0 aromatic heterocycles. The molecule has 4 nitrogen and oxygen atoms in total. The van der Waals surface area contributed by atoms with Crippen LogP contribution in [-0.2, 0) is 0 Å². The minimum absolute atomic E-state index is 0.178. The monoisotopic (exact) mass is 364 g/mol. The molecule has 2 atom stereocenters. The van der Waals surface area contributed by atoms with E-state index in [-0.39, 0.29) is 6.04 Å². The summed E-state index contributed by atoms with van der Waals surface area (Å²) in [6.45, 7) is 12.3. The maximum atomic E-state index is 5.13. The lowest BCUT2D eigenvalue weighted by atomic mass is 9.93. The van der Waals surface area contributed by atoms with Gasteiger partial charge in [0, 0.05) is 12.7 Å². The summed E-state index contributed by atoms with van der Waals surface area (Å²) in [5.74, 6) is 1.45. The van der Waals surface area contributed by atoms with Crippen LogP contribution in [0.25, 0.3) is 0 Å². The number of allylic oxidation sites excluding steroid dienone is 1. The fourth-order valence-electron chi connectivity index (χ4n) is 4.51. The lowest BCUT2D eigenvalue weighted by Gasteiger charge is -2.35. The van der Waals surface area contributed by atoms with Gasteiger partial charge in [0.1, 0.15) is 5.84 Å². The van der Waals surface area contributed by atoms with Crippen molar-refractivity contribution in [3.8, 4) is 0 Å². The second-order valence-electron chi connectivity index (χ2n) is 8.59. The minimum Gasteiger partial charge on any atom is -0.323 e. The maximum Gasteiger partial charge on any atom is 0.147 e. The molecule has 144 valence electrons. The molecule has 3 aliphatic heterocycles. The predicted octanol–water partition coefficient (Wildman–Crippen LogP) is 4.49. The lowest BCUT2D eigenvalue weighted by molar-refractivity contribution is 0.180. The van der Waals surface area contributed by atoms with E-state index in [2.05, 4.69) is 66.9 Å². The Hall–Kier alpha value is -1.94. The molecule has 4 rings (SSSR count). The van der Waals surface area contributed by atoms with Gasteiger partial charge in [-0.2, -0.15) is 0 Å². The summed E-state index contributed by atoms with van der Waals surface area (Å²) < 4.78 is 0. The van der Waals surface area contributed by atoms with Crippen molar-refractivity contribution < 1.29 is 0 Å². The number of aryl methyl sites for hydroxylation is 2. The highest BCUT2D eigenvalue weighted by Crippen LogP contribution is 2.36. The van der Waals surface area contributed by atoms with E-state index in [0.29, 0.717) is 12.0 Å². The van der Waals surface area contributed by atoms with Crippen molar-refractivity contribution in [2.75, 3.05) is 19.6 Å². The number of hydrogen-bond acceptors (Lipinski definition) is 4. The van der Waals surface area contributed by atoms with Gasteiger partial charge in [-0.15, -0.1) is 0 Å². The summed E-state index contributed by atoms with van der Waals surface area (Å²) >= 11 is 0. The molecule has 4 heteroatoms. The summed E-state index contributed by atoms with van der Waals surface area (Å²) in [6.07, 6.45) is 8.24. The zero-order valence-electron chi connectivity index (χ0n) is 17.2. The number of likely N-dealkylation sites (tertiary alicyclic amines) is 1. The van der Waals surface area contributed by atoms with Crippen LogP contribution in [0.4, 0.5) is 0 Å². The summed E-state index contributed by atoms with van der Waals surface area (Å²) in [5, 5.41) is 0. The Morgan fingerprint density at radius 1 is 1.11 bits per heavy atom. The average Bonchev–Trinajstić information content (AvgIpc) is 3.00. The van der Waals surface area contributed by atoms with Gasteiger partial charge in [-0.3, -0.25) is 9.98 Å². The third-order valence-corrected chi connectivity index (χ3v) is 6.09. The topological polar surface area (TPSA) is 31.2 Å². The van der Waals surface area contributed by atoms with Gasteiger partial charge in [-0.05, 0) is 56.8 Å². The van der Waals surface area contributed by atoms with Crippen molar-refractivity contribution in [1.82, 2.24) is 9.80 Å². The molecule has 1 aromatic carbocycles. The molecule has 3 heterocycles. The SMILES string of the molecule is Cc1ccc(C2N=C3C=NC(C(C)C)=CN3C2CN2CCCCC2)c(C)c1. The highest BCUT2D eigenvalue weighted by Gasteiger charge is 2.38. The molecular weight excluding hydrogens is 332 g/mol. The number of aliphatic imine (C=N–C) groups is 2. The smallest absolute Gasteiger partial charge is 0.147 e. The van der Waals surface area contributed by atoms with Crippen molar-refractivity contribution in [2.45, 2.75) is 59.0 Å². The fourth-order valence-corrected chi connectivity index (χ4v) is 4.51. The Morgan fingerprint density at radius 2 is 1.89 bits per heavy atom. The zero-order valence-corrected chi connectivity index (χ0v) is 17.2. The molecule has 1 fully saturated rings. The number of piperidine rings is 1. The second-order valence-corrected chi connectivity index (χ2v) is 8.59. The first-order valence-corrected chi connectivity index (χ1v) is 10.4. The van der Waals surface area contributed by atoms with Crippen LogP contribution in [-0.4, -0.2) is 47.5 Å². The van der Waals surface area contributed by atoms with Crippen LogP contribution in [0.3, 0.4) is 0 Å². The third-order valence-electron chi connectivity index (χ3n) is 6.09. The van der Waals surface area contributed by atoms with Crippen LogP contribution in [0.2, 0.25) is 0 Å². The van der Waals surface area contributed by atoms with E-state index in [9.17, 15) is 0 Å². The van der Waals surface area contributed by atoms with Crippen molar-refractivity contribution in [1.29, 1.82) is 0 Å². The second kappa shape index (κ2) is 7.59. The van der Waals surface area contributed by atoms with Crippen LogP contribution in [0.15, 0.2) is 40.1 Å². The van der Waals surface area contributed by atoms with E-state index >= 15 is 0 Å². The Labute approximate surface area is 163 Å². The van der Waals surface area contributed by atoms with Gasteiger partial charge < -0.3 is 9.80 Å². The minimum atomic E-state index is 0.178. The van der Waals surface area contributed by atoms with Crippen LogP contribution >= 0.6 is 0 Å². The number of amidine groups is 1. The van der Waals surface area contributed by atoms with Gasteiger partial charge in [0.25, 0.3) is 0 Å². The Bertz CT molecular complexity index is 784. The quantitative estimate of drug-likeness (QED) is 0.788. The average molecular weight is 365 g/mol. The van der Waals surface area contributed by atoms with Crippen molar-refractivity contribution in [3.05, 3.63) is 46.8 Å². The molecule has 0 saturated carbocycles. The number of benzene rings is 1. The standard InChI is InChI=1S/C23H32N4/c1-16(2)20-14-27-21(15-26-10-6-5-7-11-26)23(25-22(27)13-24-20)19-9-8-17(3)12-18(19)4/h8-9,12-14,16,21,23H,5-7,10-11,15H2,1-4H3. The lowest BCUT2D eigenvalue weighted by Crippen LogP contribution is -2.45. The maximum absolute atomic E-state index is 5.13. The van der Waals surface area contributed by atoms with E-state index in [1.165, 1.54) is 49.0 Å². The van der Waals surface area contributed by atoms with Gasteiger partial charge in [0.15, 0.2) is 0 Å². The summed E-state index contributed by atoms with van der Waals surface area (Å²) in [4.78, 5) is 14.8. The molecule has 0 aliphatic carbocycles. The van der Waals surface area contributed by atoms with E-state index in [1.807, 2.05) is 6.21 Å². The number of fused-ring (bicyclic) bond motifs is 1. The predicted molar refractivity (Wildman–Crippen MR) is 113 cm³/mol. The molecule has 27 heavy (non-hydrogen) atoms. The summed E-state index contributed by atoms with van der Waals surface area (Å²) in [5.41, 5.74) is 5.17. The van der Waals surface area contributed by atoms with Gasteiger partial charge in [0.2, 0.25) is 0 Å². The van der Waals surface area contributed by atoms with E-state index < -0.39 is 0 Å². The molecule has 0 N–H and O–H groups in total. The fraction of sp³-hybridized carbons (Fsp3) is 0.565. The molecule has 0 amide bonds. The number of hydrogen-bond donors (Lipinski definition) is 0. The molecular formula is C23H32N4. The van der Waals surface area contributed by atoms with Crippen LogP contribution in [0, 0.1) is 19.8 Å². The molecule has 0 radical (unpaired) electrons. The van der Waals surface area contributed by atoms with E-state index in [0.717, 1.165) is 18.1 Å². The molecule has 0 bridgehead atoms. The van der Waals surface area contributed by atoms with Crippen LogP contribution in [0.1, 0.15) is 55.8 Å². The molecule has 1 saturated heterocycles. The molecule has 1 aromatic rings. The Morgan fingerprint density at radius 3 is 2.59 bits per heavy atom. The van der Waals surface area contributed by atoms with Gasteiger partial charge >= 0.3 is 0 Å². The normalized spacial score (nSPS) is 25.6. The Kier molecular flexibility index (Phi) is 5.18. The summed E-state index contributed by atoms with van der Waals surface area (Å²) in [7, 11) is 0. The largest absolute Gasteiger partial charge is 0.323 e. The van der Waals surface area contributed by atoms with Gasteiger partial charge in [-0.1, -0.05) is 44.0 Å². The molecule has 0 spiro atoms. The highest BCUT2D eigenvalue weighted by molar-refractivity contribution is 6.31. The van der Waals surface area contributed by atoms with E-state index in [4.69, 9.17) is 4.99 Å². The molecule has 2 unspecified atom stereocenters. The summed E-state index contributed by atoms with van der Waals surface area (Å²) in [6, 6.07) is 7.32. The first-order chi connectivity index (χ1) is 13.0. The number of nitrogens with zero attached hydrogens (tertiary/aromatic N) is 4. The van der Waals surface area contributed by atoms with Crippen molar-refractivity contribution >= 4 is 12.1 Å². The number of rotatable bonds is 4. The molecule has 3 aliphatic rings. The van der Waals surface area contributed by atoms with Crippen LogP contribution < -0.4 is 0 Å². The van der Waals surface area contributed by atoms with Crippen molar-refractivity contribution in [2.24, 2.45) is 15.9 Å². The zero-order chi connectivity index (χ0) is 19.0. The van der Waals surface area contributed by atoms with Gasteiger partial charge in [-0.25, -0.2) is 0 Å². The van der Waals surface area contributed by atoms with Crippen LogP contribution in [0.5, 0.6) is 0 Å². The van der Waals surface area contributed by atoms with Gasteiger partial charge in [0.05, 0.1) is 24.0 Å². The Balaban J connectivity index is 1.68. The first kappa shape index (κ1) is 18.4. The first-order valence-electron chi connectivity index (χ1n) is 10.4. The van der Waals surface area contributed by atoms with Crippen molar-refractivity contribution in [3.63, 3.8) is 0 Å². The van der Waals surface area contributed by atoms with E-state index in [1.54, 1.807) is 0 Å².